The number of rotatable bonds is 3. The van der Waals surface area contributed by atoms with Gasteiger partial charge in [0.2, 0.25) is 0 Å². The highest BCUT2D eigenvalue weighted by Crippen LogP contribution is 2.17. The van der Waals surface area contributed by atoms with Gasteiger partial charge < -0.3 is 10.2 Å². The quantitative estimate of drug-likeness (QED) is 0.816. The number of piperidine rings is 1. The van der Waals surface area contributed by atoms with Crippen LogP contribution in [0.5, 0.6) is 0 Å². The van der Waals surface area contributed by atoms with Crippen molar-refractivity contribution in [3.63, 3.8) is 0 Å². The second-order valence-electron chi connectivity index (χ2n) is 4.66. The van der Waals surface area contributed by atoms with Crippen molar-refractivity contribution in [2.45, 2.75) is 18.9 Å². The highest BCUT2D eigenvalue weighted by Gasteiger charge is 2.23. The standard InChI is InChI=1S/C12H15N7O/c20-12(11-15-17-18-16-11)14-9-4-7-19(8-5-9)10-3-1-2-6-13-10/h1-3,6,9H,4-5,7-8H2,(H,14,20)(H,15,16,17,18). The van der Waals surface area contributed by atoms with E-state index in [0.29, 0.717) is 0 Å². The van der Waals surface area contributed by atoms with Crippen molar-refractivity contribution < 1.29 is 4.79 Å². The van der Waals surface area contributed by atoms with E-state index >= 15 is 0 Å². The fourth-order valence-electron chi connectivity index (χ4n) is 2.30. The Morgan fingerprint density at radius 3 is 2.85 bits per heavy atom. The van der Waals surface area contributed by atoms with Gasteiger partial charge in [0, 0.05) is 25.3 Å². The summed E-state index contributed by atoms with van der Waals surface area (Å²) in [6.45, 7) is 1.74. The molecule has 1 aliphatic rings. The largest absolute Gasteiger partial charge is 0.356 e. The minimum absolute atomic E-state index is 0.0807. The number of anilines is 1. The van der Waals surface area contributed by atoms with Gasteiger partial charge in [0.25, 0.3) is 11.7 Å². The Labute approximate surface area is 115 Å². The Bertz CT molecular complexity index is 548. The molecule has 1 fully saturated rings. The minimum atomic E-state index is -0.282. The van der Waals surface area contributed by atoms with Gasteiger partial charge in [0.05, 0.1) is 0 Å². The number of hydrogen-bond donors (Lipinski definition) is 2. The van der Waals surface area contributed by atoms with Gasteiger partial charge in [-0.2, -0.15) is 5.21 Å². The van der Waals surface area contributed by atoms with Gasteiger partial charge in [-0.25, -0.2) is 4.98 Å². The third kappa shape index (κ3) is 2.73. The van der Waals surface area contributed by atoms with Crippen molar-refractivity contribution >= 4 is 11.7 Å². The molecule has 2 aromatic rings. The topological polar surface area (TPSA) is 99.7 Å². The van der Waals surface area contributed by atoms with Crippen molar-refractivity contribution in [1.82, 2.24) is 30.9 Å². The summed E-state index contributed by atoms with van der Waals surface area (Å²) in [5, 5.41) is 15.9. The molecule has 0 aliphatic carbocycles. The summed E-state index contributed by atoms with van der Waals surface area (Å²) >= 11 is 0. The number of carbonyl (C=O) groups excluding carboxylic acids is 1. The molecule has 2 N–H and O–H groups in total. The Kier molecular flexibility index (Phi) is 3.53. The molecule has 0 bridgehead atoms. The zero-order valence-corrected chi connectivity index (χ0v) is 10.9. The van der Waals surface area contributed by atoms with E-state index in [2.05, 4.69) is 35.8 Å². The van der Waals surface area contributed by atoms with Crippen LogP contribution in [-0.2, 0) is 0 Å². The molecule has 8 nitrogen and oxygen atoms in total. The van der Waals surface area contributed by atoms with E-state index in [1.54, 1.807) is 6.20 Å². The summed E-state index contributed by atoms with van der Waals surface area (Å²) in [6, 6.07) is 6.02. The number of aromatic nitrogens is 5. The molecular weight excluding hydrogens is 258 g/mol. The van der Waals surface area contributed by atoms with E-state index in [0.717, 1.165) is 31.7 Å². The second kappa shape index (κ2) is 5.64. The average Bonchev–Trinajstić information content (AvgIpc) is 3.03. The van der Waals surface area contributed by atoms with Gasteiger partial charge in [-0.3, -0.25) is 4.79 Å². The Morgan fingerprint density at radius 1 is 1.35 bits per heavy atom. The number of pyridine rings is 1. The van der Waals surface area contributed by atoms with Gasteiger partial charge in [-0.15, -0.1) is 10.2 Å². The number of tetrazole rings is 1. The fraction of sp³-hybridized carbons (Fsp3) is 0.417. The summed E-state index contributed by atoms with van der Waals surface area (Å²) < 4.78 is 0. The SMILES string of the molecule is O=C(NC1CCN(c2ccccn2)CC1)c1nn[nH]n1. The van der Waals surface area contributed by atoms with E-state index in [9.17, 15) is 4.79 Å². The van der Waals surface area contributed by atoms with Gasteiger partial charge in [-0.05, 0) is 30.2 Å². The molecule has 104 valence electrons. The van der Waals surface area contributed by atoms with Gasteiger partial charge in [0.1, 0.15) is 5.82 Å². The Morgan fingerprint density at radius 2 is 2.20 bits per heavy atom. The highest BCUT2D eigenvalue weighted by molar-refractivity contribution is 5.90. The third-order valence-corrected chi connectivity index (χ3v) is 3.35. The molecule has 0 aromatic carbocycles. The first kappa shape index (κ1) is 12.5. The number of hydrogen-bond acceptors (Lipinski definition) is 6. The van der Waals surface area contributed by atoms with E-state index < -0.39 is 0 Å². The number of amides is 1. The zero-order chi connectivity index (χ0) is 13.8. The monoisotopic (exact) mass is 273 g/mol. The van der Waals surface area contributed by atoms with Crippen molar-refractivity contribution in [2.24, 2.45) is 0 Å². The molecule has 20 heavy (non-hydrogen) atoms. The summed E-state index contributed by atoms with van der Waals surface area (Å²) in [7, 11) is 0. The summed E-state index contributed by atoms with van der Waals surface area (Å²) in [4.78, 5) is 18.4. The van der Waals surface area contributed by atoms with Crippen LogP contribution in [-0.4, -0.2) is 50.6 Å². The molecule has 0 spiro atoms. The van der Waals surface area contributed by atoms with Crippen LogP contribution >= 0.6 is 0 Å². The average molecular weight is 273 g/mol. The van der Waals surface area contributed by atoms with Crippen LogP contribution in [0.1, 0.15) is 23.5 Å². The van der Waals surface area contributed by atoms with Gasteiger partial charge in [-0.1, -0.05) is 6.07 Å². The van der Waals surface area contributed by atoms with Crippen LogP contribution in [0.4, 0.5) is 5.82 Å². The van der Waals surface area contributed by atoms with Crippen LogP contribution in [0, 0.1) is 0 Å². The third-order valence-electron chi connectivity index (χ3n) is 3.35. The first-order chi connectivity index (χ1) is 9.83. The molecule has 0 unspecified atom stereocenters. The van der Waals surface area contributed by atoms with Crippen molar-refractivity contribution in [2.75, 3.05) is 18.0 Å². The lowest BCUT2D eigenvalue weighted by molar-refractivity contribution is 0.0920. The first-order valence-corrected chi connectivity index (χ1v) is 6.53. The van der Waals surface area contributed by atoms with Gasteiger partial charge in [0.15, 0.2) is 0 Å². The van der Waals surface area contributed by atoms with Gasteiger partial charge >= 0.3 is 0 Å². The molecule has 3 rings (SSSR count). The predicted molar refractivity (Wildman–Crippen MR) is 71.1 cm³/mol. The molecule has 0 atom stereocenters. The molecule has 0 saturated carbocycles. The number of carbonyl (C=O) groups is 1. The van der Waals surface area contributed by atoms with Crippen molar-refractivity contribution in [3.05, 3.63) is 30.2 Å². The lowest BCUT2D eigenvalue weighted by Gasteiger charge is -2.32. The number of nitrogens with one attached hydrogen (secondary N) is 2. The lowest BCUT2D eigenvalue weighted by Crippen LogP contribution is -2.45. The second-order valence-corrected chi connectivity index (χ2v) is 4.66. The summed E-state index contributed by atoms with van der Waals surface area (Å²) in [5.74, 6) is 0.780. The molecule has 2 aromatic heterocycles. The van der Waals surface area contributed by atoms with Crippen LogP contribution in [0.15, 0.2) is 24.4 Å². The molecule has 8 heteroatoms. The van der Waals surface area contributed by atoms with Crippen LogP contribution in [0.3, 0.4) is 0 Å². The molecule has 1 amide bonds. The zero-order valence-electron chi connectivity index (χ0n) is 10.9. The van der Waals surface area contributed by atoms with E-state index in [4.69, 9.17) is 0 Å². The summed E-state index contributed by atoms with van der Waals surface area (Å²) in [5.41, 5.74) is 0. The fourth-order valence-corrected chi connectivity index (χ4v) is 2.30. The molecular formula is C12H15N7O. The number of nitrogens with zero attached hydrogens (tertiary/aromatic N) is 5. The predicted octanol–water partition coefficient (Wildman–Crippen LogP) is -0.00650. The van der Waals surface area contributed by atoms with E-state index in [1.807, 2.05) is 18.2 Å². The van der Waals surface area contributed by atoms with Crippen molar-refractivity contribution in [1.29, 1.82) is 0 Å². The normalized spacial score (nSPS) is 16.1. The highest BCUT2D eigenvalue weighted by atomic mass is 16.2. The number of aromatic amines is 1. The van der Waals surface area contributed by atoms with E-state index in [1.165, 1.54) is 0 Å². The maximum Gasteiger partial charge on any atom is 0.293 e. The smallest absolute Gasteiger partial charge is 0.293 e. The maximum absolute atomic E-state index is 11.8. The lowest BCUT2D eigenvalue weighted by atomic mass is 10.0. The summed E-state index contributed by atoms with van der Waals surface area (Å²) in [6.07, 6.45) is 3.54. The van der Waals surface area contributed by atoms with Crippen LogP contribution < -0.4 is 10.2 Å². The minimum Gasteiger partial charge on any atom is -0.356 e. The molecule has 0 radical (unpaired) electrons. The number of H-pyrrole nitrogens is 1. The molecule has 3 heterocycles. The Hall–Kier alpha value is -2.51. The molecule has 1 aliphatic heterocycles. The van der Waals surface area contributed by atoms with Crippen LogP contribution in [0.2, 0.25) is 0 Å². The Balaban J connectivity index is 1.53. The first-order valence-electron chi connectivity index (χ1n) is 6.53. The van der Waals surface area contributed by atoms with Crippen molar-refractivity contribution in [3.8, 4) is 0 Å². The van der Waals surface area contributed by atoms with E-state index in [-0.39, 0.29) is 17.8 Å². The maximum atomic E-state index is 11.8. The molecule has 1 saturated heterocycles. The van der Waals surface area contributed by atoms with Crippen LogP contribution in [0.25, 0.3) is 0 Å².